The fourth-order valence-electron chi connectivity index (χ4n) is 4.79. The van der Waals surface area contributed by atoms with E-state index in [1.807, 2.05) is 0 Å². The van der Waals surface area contributed by atoms with Crippen molar-refractivity contribution in [3.05, 3.63) is 113 Å². The van der Waals surface area contributed by atoms with Crippen molar-refractivity contribution < 1.29 is 33.0 Å². The highest BCUT2D eigenvalue weighted by Crippen LogP contribution is 2.36. The summed E-state index contributed by atoms with van der Waals surface area (Å²) in [6.45, 7) is -0.118. The van der Waals surface area contributed by atoms with Gasteiger partial charge in [-0.15, -0.1) is 0 Å². The van der Waals surface area contributed by atoms with Gasteiger partial charge in [-0.1, -0.05) is 54.6 Å². The minimum atomic E-state index is -4.80. The number of aliphatic hydroxyl groups is 1. The molecule has 9 nitrogen and oxygen atoms in total. The van der Waals surface area contributed by atoms with E-state index in [-0.39, 0.29) is 36.2 Å². The zero-order valence-corrected chi connectivity index (χ0v) is 22.3. The van der Waals surface area contributed by atoms with E-state index in [0.717, 1.165) is 4.68 Å². The van der Waals surface area contributed by atoms with Crippen LogP contribution >= 0.6 is 0 Å². The first kappa shape index (κ1) is 28.8. The molecule has 42 heavy (non-hydrogen) atoms. The van der Waals surface area contributed by atoms with Crippen LogP contribution in [0.25, 0.3) is 5.69 Å². The van der Waals surface area contributed by atoms with Crippen molar-refractivity contribution in [2.45, 2.75) is 37.2 Å². The molecule has 0 bridgehead atoms. The van der Waals surface area contributed by atoms with Crippen LogP contribution in [0.1, 0.15) is 45.7 Å². The van der Waals surface area contributed by atoms with E-state index in [2.05, 4.69) is 10.4 Å². The predicted molar refractivity (Wildman–Crippen MR) is 148 cm³/mol. The topological polar surface area (TPSA) is 134 Å². The van der Waals surface area contributed by atoms with Gasteiger partial charge in [0.1, 0.15) is 11.3 Å². The van der Waals surface area contributed by atoms with Crippen LogP contribution in [-0.2, 0) is 18.3 Å². The largest absolute Gasteiger partial charge is 0.465 e. The average Bonchev–Trinajstić information content (AvgIpc) is 3.71. The molecule has 4 aromatic rings. The molecular formula is C30H28F3N5O4. The van der Waals surface area contributed by atoms with E-state index >= 15 is 0 Å². The molecule has 3 aromatic carbocycles. The minimum Gasteiger partial charge on any atom is -0.465 e. The van der Waals surface area contributed by atoms with E-state index in [1.54, 1.807) is 60.7 Å². The zero-order chi connectivity index (χ0) is 30.1. The van der Waals surface area contributed by atoms with Gasteiger partial charge in [-0.2, -0.15) is 18.3 Å². The maximum absolute atomic E-state index is 13.6. The molecule has 5 N–H and O–H groups in total. The van der Waals surface area contributed by atoms with Crippen LogP contribution in [0.2, 0.25) is 0 Å². The molecule has 0 spiro atoms. The second-order valence-corrected chi connectivity index (χ2v) is 10.1. The lowest BCUT2D eigenvalue weighted by molar-refractivity contribution is -0.141. The van der Waals surface area contributed by atoms with Crippen molar-refractivity contribution in [2.75, 3.05) is 11.9 Å². The number of carbonyl (C=O) groups is 2. The van der Waals surface area contributed by atoms with Gasteiger partial charge in [0.15, 0.2) is 5.69 Å². The summed E-state index contributed by atoms with van der Waals surface area (Å²) >= 11 is 0. The van der Waals surface area contributed by atoms with Gasteiger partial charge in [-0.05, 0) is 53.8 Å². The van der Waals surface area contributed by atoms with Crippen LogP contribution in [0.3, 0.4) is 0 Å². The molecule has 1 atom stereocenters. The summed E-state index contributed by atoms with van der Waals surface area (Å²) in [7, 11) is 0. The molecule has 1 aromatic heterocycles. The van der Waals surface area contributed by atoms with Crippen LogP contribution in [0.5, 0.6) is 0 Å². The highest BCUT2D eigenvalue weighted by Gasteiger charge is 2.41. The summed E-state index contributed by atoms with van der Waals surface area (Å²) in [5.41, 5.74) is 4.05. The van der Waals surface area contributed by atoms with Crippen LogP contribution in [0, 0.1) is 0 Å². The standard InChI is InChI=1S/C30H28F3N5O4/c31-30(32,33)26-16-25(38(36-26)24-11-4-6-19(14-24)17-34)27(39)35-22-10-5-9-21(15-22)29(42,20-7-2-1-3-8-20)18-37(28(40)41)23-12-13-23/h1-11,14-16,23,42H,12-13,17-18,34H2,(H,35,39)(H,40,41). The number of hydrogen-bond donors (Lipinski definition) is 4. The highest BCUT2D eigenvalue weighted by atomic mass is 19.4. The van der Waals surface area contributed by atoms with Gasteiger partial charge in [0.05, 0.1) is 12.2 Å². The Bertz CT molecular complexity index is 1600. The molecule has 12 heteroatoms. The summed E-state index contributed by atoms with van der Waals surface area (Å²) < 4.78 is 41.7. The number of alkyl halides is 3. The summed E-state index contributed by atoms with van der Waals surface area (Å²) in [4.78, 5) is 26.6. The van der Waals surface area contributed by atoms with Crippen molar-refractivity contribution in [3.63, 3.8) is 0 Å². The fraction of sp³-hybridized carbons (Fsp3) is 0.233. The van der Waals surface area contributed by atoms with E-state index in [4.69, 9.17) is 5.73 Å². The van der Waals surface area contributed by atoms with Crippen LogP contribution in [0.15, 0.2) is 84.9 Å². The van der Waals surface area contributed by atoms with Gasteiger partial charge in [0.25, 0.3) is 5.91 Å². The second-order valence-electron chi connectivity index (χ2n) is 10.1. The smallest absolute Gasteiger partial charge is 0.435 e. The molecule has 1 unspecified atom stereocenters. The first-order valence-electron chi connectivity index (χ1n) is 13.2. The van der Waals surface area contributed by atoms with Crippen LogP contribution < -0.4 is 11.1 Å². The van der Waals surface area contributed by atoms with Gasteiger partial charge < -0.3 is 26.2 Å². The number of carbonyl (C=O) groups excluding carboxylic acids is 1. The average molecular weight is 580 g/mol. The van der Waals surface area contributed by atoms with Crippen molar-refractivity contribution in [1.82, 2.24) is 14.7 Å². The van der Waals surface area contributed by atoms with Gasteiger partial charge in [-0.25, -0.2) is 9.48 Å². The van der Waals surface area contributed by atoms with Crippen molar-refractivity contribution >= 4 is 17.7 Å². The Morgan fingerprint density at radius 1 is 0.976 bits per heavy atom. The van der Waals surface area contributed by atoms with Gasteiger partial charge in [0.2, 0.25) is 0 Å². The summed E-state index contributed by atoms with van der Waals surface area (Å²) in [5.74, 6) is -0.873. The number of amides is 2. The molecule has 1 heterocycles. The van der Waals surface area contributed by atoms with E-state index in [1.165, 1.54) is 23.1 Å². The maximum Gasteiger partial charge on any atom is 0.435 e. The Balaban J connectivity index is 1.50. The number of carboxylic acid groups (broad SMARTS) is 1. The molecule has 218 valence electrons. The van der Waals surface area contributed by atoms with E-state index in [9.17, 15) is 33.0 Å². The van der Waals surface area contributed by atoms with E-state index < -0.39 is 29.5 Å². The lowest BCUT2D eigenvalue weighted by Gasteiger charge is -2.34. The Morgan fingerprint density at radius 3 is 2.31 bits per heavy atom. The number of aromatic nitrogens is 2. The number of nitrogens with two attached hydrogens (primary N) is 1. The summed E-state index contributed by atoms with van der Waals surface area (Å²) in [5, 5.41) is 28.1. The van der Waals surface area contributed by atoms with Crippen molar-refractivity contribution in [1.29, 1.82) is 0 Å². The number of hydrogen-bond acceptors (Lipinski definition) is 5. The lowest BCUT2D eigenvalue weighted by Crippen LogP contribution is -2.45. The monoisotopic (exact) mass is 579 g/mol. The summed E-state index contributed by atoms with van der Waals surface area (Å²) in [6, 6.07) is 21.5. The first-order valence-corrected chi connectivity index (χ1v) is 13.2. The molecule has 1 fully saturated rings. The Hall–Kier alpha value is -4.68. The first-order chi connectivity index (χ1) is 20.0. The Labute approximate surface area is 239 Å². The Kier molecular flexibility index (Phi) is 7.76. The van der Waals surface area contributed by atoms with Gasteiger partial charge >= 0.3 is 12.3 Å². The third-order valence-corrected chi connectivity index (χ3v) is 7.11. The fourth-order valence-corrected chi connectivity index (χ4v) is 4.79. The molecule has 5 rings (SSSR count). The normalized spacial score (nSPS) is 14.7. The number of nitrogens with zero attached hydrogens (tertiary/aromatic N) is 3. The lowest BCUT2D eigenvalue weighted by atomic mass is 9.85. The maximum atomic E-state index is 13.6. The third kappa shape index (κ3) is 5.99. The molecular weight excluding hydrogens is 551 g/mol. The van der Waals surface area contributed by atoms with Crippen molar-refractivity contribution in [3.8, 4) is 5.69 Å². The quantitative estimate of drug-likeness (QED) is 0.221. The molecule has 0 radical (unpaired) electrons. The molecule has 0 aliphatic heterocycles. The molecule has 2 amide bonds. The molecule has 1 aliphatic rings. The SMILES string of the molecule is NCc1cccc(-n2nc(C(F)(F)F)cc2C(=O)Nc2cccc(C(O)(CN(C(=O)O)C3CC3)c3ccccc3)c2)c1. The zero-order valence-electron chi connectivity index (χ0n) is 22.3. The molecule has 1 saturated carbocycles. The van der Waals surface area contributed by atoms with Crippen LogP contribution in [0.4, 0.5) is 23.7 Å². The highest BCUT2D eigenvalue weighted by molar-refractivity contribution is 6.03. The number of anilines is 1. The van der Waals surface area contributed by atoms with Gasteiger partial charge in [0, 0.05) is 24.3 Å². The molecule has 1 aliphatic carbocycles. The number of nitrogens with one attached hydrogen (secondary N) is 1. The van der Waals surface area contributed by atoms with Crippen molar-refractivity contribution in [2.24, 2.45) is 5.73 Å². The predicted octanol–water partition coefficient (Wildman–Crippen LogP) is 4.98. The summed E-state index contributed by atoms with van der Waals surface area (Å²) in [6.07, 6.45) is -4.58. The number of benzene rings is 3. The number of rotatable bonds is 9. The second kappa shape index (κ2) is 11.3. The Morgan fingerprint density at radius 2 is 1.67 bits per heavy atom. The minimum absolute atomic E-state index is 0.139. The molecule has 0 saturated heterocycles. The van der Waals surface area contributed by atoms with Gasteiger partial charge in [-0.3, -0.25) is 4.79 Å². The van der Waals surface area contributed by atoms with E-state index in [0.29, 0.717) is 35.6 Å². The number of halogens is 3. The third-order valence-electron chi connectivity index (χ3n) is 7.11. The van der Waals surface area contributed by atoms with Crippen LogP contribution in [-0.4, -0.2) is 49.5 Å².